The van der Waals surface area contributed by atoms with Crippen molar-refractivity contribution >= 4 is 29.2 Å². The molecule has 8 heteroatoms. The van der Waals surface area contributed by atoms with Crippen LogP contribution in [-0.4, -0.2) is 41.0 Å². The molecule has 1 aliphatic heterocycles. The number of thioether (sulfide) groups is 1. The smallest absolute Gasteiger partial charge is 0.222 e. The van der Waals surface area contributed by atoms with Gasteiger partial charge in [-0.2, -0.15) is 0 Å². The fourth-order valence-corrected chi connectivity index (χ4v) is 2.63. The van der Waals surface area contributed by atoms with Gasteiger partial charge in [-0.3, -0.25) is 0 Å². The Morgan fingerprint density at radius 1 is 1.16 bits per heavy atom. The average Bonchev–Trinajstić information content (AvgIpc) is 3.20. The Bertz CT molecular complexity index is 687. The lowest BCUT2D eigenvalue weighted by Crippen LogP contribution is -2.21. The molecule has 1 atom stereocenters. The highest BCUT2D eigenvalue weighted by Crippen LogP contribution is 2.17. The zero-order chi connectivity index (χ0) is 17.5. The van der Waals surface area contributed by atoms with Crippen LogP contribution in [0.5, 0.6) is 0 Å². The van der Waals surface area contributed by atoms with Crippen LogP contribution in [0.25, 0.3) is 0 Å². The molecule has 0 radical (unpaired) electrons. The molecule has 2 aromatic rings. The third-order valence-corrected chi connectivity index (χ3v) is 4.50. The summed E-state index contributed by atoms with van der Waals surface area (Å²) in [7, 11) is 0. The van der Waals surface area contributed by atoms with Crippen molar-refractivity contribution in [2.24, 2.45) is 5.92 Å². The molecular weight excluding hydrogens is 334 g/mol. The van der Waals surface area contributed by atoms with Gasteiger partial charge in [-0.1, -0.05) is 6.92 Å². The van der Waals surface area contributed by atoms with Gasteiger partial charge in [0.2, 0.25) is 5.95 Å². The molecule has 0 spiro atoms. The number of pyridine rings is 1. The standard InChI is InChI=1S/C17H23N7S/c1-13(8-21-17-22-10-15(25-2)11-23-17)7-19-16-4-3-14(9-20-16)24-6-5-18-12-24/h3-6,9-11,13,18H,7-8,12H2,1-2H3,(H,19,20)(H,21,22,23)/t13-/m1/s1. The van der Waals surface area contributed by atoms with Gasteiger partial charge in [0.25, 0.3) is 0 Å². The number of nitrogens with one attached hydrogen (secondary N) is 3. The topological polar surface area (TPSA) is 78.0 Å². The Morgan fingerprint density at radius 2 is 1.96 bits per heavy atom. The monoisotopic (exact) mass is 357 g/mol. The molecule has 3 heterocycles. The summed E-state index contributed by atoms with van der Waals surface area (Å²) in [6, 6.07) is 4.07. The Balaban J connectivity index is 1.42. The van der Waals surface area contributed by atoms with Crippen molar-refractivity contribution in [3.8, 4) is 0 Å². The molecule has 0 amide bonds. The van der Waals surface area contributed by atoms with E-state index in [1.807, 2.05) is 43.3 Å². The van der Waals surface area contributed by atoms with Crippen molar-refractivity contribution in [3.63, 3.8) is 0 Å². The van der Waals surface area contributed by atoms with Crippen LogP contribution in [0.15, 0.2) is 48.0 Å². The van der Waals surface area contributed by atoms with Crippen LogP contribution in [0.4, 0.5) is 17.5 Å². The number of hydrogen-bond donors (Lipinski definition) is 3. The largest absolute Gasteiger partial charge is 0.372 e. The van der Waals surface area contributed by atoms with E-state index in [2.05, 4.69) is 48.8 Å². The van der Waals surface area contributed by atoms with Crippen molar-refractivity contribution in [1.29, 1.82) is 0 Å². The van der Waals surface area contributed by atoms with Crippen LogP contribution >= 0.6 is 11.8 Å². The summed E-state index contributed by atoms with van der Waals surface area (Å²) in [4.78, 5) is 16.2. The molecule has 0 bridgehead atoms. The van der Waals surface area contributed by atoms with Gasteiger partial charge >= 0.3 is 0 Å². The van der Waals surface area contributed by atoms with Gasteiger partial charge in [0.15, 0.2) is 0 Å². The molecule has 0 saturated heterocycles. The molecule has 0 unspecified atom stereocenters. The Labute approximate surface area is 152 Å². The highest BCUT2D eigenvalue weighted by atomic mass is 32.2. The number of aromatic nitrogens is 3. The van der Waals surface area contributed by atoms with Crippen molar-refractivity contribution in [2.45, 2.75) is 11.8 Å². The van der Waals surface area contributed by atoms with Gasteiger partial charge < -0.3 is 20.9 Å². The molecule has 7 nitrogen and oxygen atoms in total. The molecule has 0 saturated carbocycles. The molecule has 0 aliphatic carbocycles. The molecule has 3 N–H and O–H groups in total. The average molecular weight is 357 g/mol. The van der Waals surface area contributed by atoms with Gasteiger partial charge in [-0.15, -0.1) is 11.8 Å². The second-order valence-electron chi connectivity index (χ2n) is 5.86. The van der Waals surface area contributed by atoms with Gasteiger partial charge in [-0.25, -0.2) is 15.0 Å². The second kappa shape index (κ2) is 8.57. The van der Waals surface area contributed by atoms with Gasteiger partial charge in [0.1, 0.15) is 5.82 Å². The summed E-state index contributed by atoms with van der Waals surface area (Å²) in [5, 5.41) is 9.78. The van der Waals surface area contributed by atoms with Crippen molar-refractivity contribution in [3.05, 3.63) is 43.1 Å². The second-order valence-corrected chi connectivity index (χ2v) is 6.74. The first kappa shape index (κ1) is 17.3. The molecule has 1 aliphatic rings. The van der Waals surface area contributed by atoms with E-state index in [0.717, 1.165) is 36.2 Å². The summed E-state index contributed by atoms with van der Waals surface area (Å²) < 4.78 is 0. The number of rotatable bonds is 8. The van der Waals surface area contributed by atoms with Crippen LogP contribution in [0.2, 0.25) is 0 Å². The van der Waals surface area contributed by atoms with Gasteiger partial charge in [0.05, 0.1) is 18.6 Å². The zero-order valence-electron chi connectivity index (χ0n) is 14.4. The molecule has 0 fully saturated rings. The lowest BCUT2D eigenvalue weighted by atomic mass is 10.2. The molecule has 25 heavy (non-hydrogen) atoms. The van der Waals surface area contributed by atoms with E-state index in [4.69, 9.17) is 0 Å². The highest BCUT2D eigenvalue weighted by molar-refractivity contribution is 7.98. The quantitative estimate of drug-likeness (QED) is 0.622. The molecule has 2 aromatic heterocycles. The summed E-state index contributed by atoms with van der Waals surface area (Å²) >= 11 is 1.64. The fourth-order valence-electron chi connectivity index (χ4n) is 2.31. The van der Waals surface area contributed by atoms with Gasteiger partial charge in [0, 0.05) is 42.8 Å². The van der Waals surface area contributed by atoms with Gasteiger partial charge in [-0.05, 0) is 24.3 Å². The maximum atomic E-state index is 4.47. The fraction of sp³-hybridized carbons (Fsp3) is 0.353. The van der Waals surface area contributed by atoms with Crippen LogP contribution < -0.4 is 20.9 Å². The Kier molecular flexibility index (Phi) is 5.95. The van der Waals surface area contributed by atoms with Crippen LogP contribution in [0.3, 0.4) is 0 Å². The highest BCUT2D eigenvalue weighted by Gasteiger charge is 2.08. The Hall–Kier alpha value is -2.48. The predicted molar refractivity (Wildman–Crippen MR) is 104 cm³/mol. The first-order valence-corrected chi connectivity index (χ1v) is 9.43. The maximum absolute atomic E-state index is 4.47. The summed E-state index contributed by atoms with van der Waals surface area (Å²) in [5.41, 5.74) is 1.08. The maximum Gasteiger partial charge on any atom is 0.222 e. The molecule has 132 valence electrons. The first-order chi connectivity index (χ1) is 12.2. The van der Waals surface area contributed by atoms with Crippen molar-refractivity contribution < 1.29 is 0 Å². The SMILES string of the molecule is CSc1cnc(NC[C@H](C)CNc2ccc(N3C=CNC3)cn2)nc1. The minimum absolute atomic E-state index is 0.413. The minimum atomic E-state index is 0.413. The third-order valence-electron chi connectivity index (χ3n) is 3.82. The van der Waals surface area contributed by atoms with E-state index in [9.17, 15) is 0 Å². The first-order valence-electron chi connectivity index (χ1n) is 8.21. The summed E-state index contributed by atoms with van der Waals surface area (Å²) in [6.07, 6.45) is 11.5. The lowest BCUT2D eigenvalue weighted by molar-refractivity contribution is 0.644. The lowest BCUT2D eigenvalue weighted by Gasteiger charge is -2.16. The number of hydrogen-bond acceptors (Lipinski definition) is 8. The molecule has 3 rings (SSSR count). The summed E-state index contributed by atoms with van der Waals surface area (Å²) in [5.74, 6) is 1.96. The van der Waals surface area contributed by atoms with Crippen LogP contribution in [-0.2, 0) is 0 Å². The van der Waals surface area contributed by atoms with E-state index in [1.165, 1.54) is 0 Å². The third kappa shape index (κ3) is 4.99. The van der Waals surface area contributed by atoms with E-state index in [1.54, 1.807) is 11.8 Å². The normalized spacial score (nSPS) is 14.2. The molecule has 0 aromatic carbocycles. The van der Waals surface area contributed by atoms with E-state index >= 15 is 0 Å². The zero-order valence-corrected chi connectivity index (χ0v) is 15.3. The van der Waals surface area contributed by atoms with Crippen molar-refractivity contribution in [2.75, 3.05) is 41.5 Å². The van der Waals surface area contributed by atoms with Crippen LogP contribution in [0, 0.1) is 5.92 Å². The van der Waals surface area contributed by atoms with E-state index in [0.29, 0.717) is 11.9 Å². The van der Waals surface area contributed by atoms with E-state index in [-0.39, 0.29) is 0 Å². The predicted octanol–water partition coefficient (Wildman–Crippen LogP) is 2.59. The molecular formula is C17H23N7S. The number of anilines is 3. The number of nitrogens with zero attached hydrogens (tertiary/aromatic N) is 4. The summed E-state index contributed by atoms with van der Waals surface area (Å²) in [6.45, 7) is 4.59. The Morgan fingerprint density at radius 3 is 2.60 bits per heavy atom. The van der Waals surface area contributed by atoms with Crippen LogP contribution in [0.1, 0.15) is 6.92 Å². The minimum Gasteiger partial charge on any atom is -0.372 e. The van der Waals surface area contributed by atoms with Crippen molar-refractivity contribution in [1.82, 2.24) is 20.3 Å². The van der Waals surface area contributed by atoms with E-state index < -0.39 is 0 Å².